The predicted molar refractivity (Wildman–Crippen MR) is 69.7 cm³/mol. The van der Waals surface area contributed by atoms with Crippen LogP contribution in [0.3, 0.4) is 0 Å². The summed E-state index contributed by atoms with van der Waals surface area (Å²) in [6.07, 6.45) is 3.50. The fourth-order valence-electron chi connectivity index (χ4n) is 2.57. The van der Waals surface area contributed by atoms with Gasteiger partial charge in [-0.2, -0.15) is 4.98 Å². The highest BCUT2D eigenvalue weighted by molar-refractivity contribution is 5.30. The van der Waals surface area contributed by atoms with E-state index in [0.717, 1.165) is 18.7 Å². The summed E-state index contributed by atoms with van der Waals surface area (Å²) in [6.45, 7) is 3.02. The van der Waals surface area contributed by atoms with Gasteiger partial charge < -0.3 is 15.2 Å². The second kappa shape index (κ2) is 6.00. The molecule has 1 fully saturated rings. The molecule has 100 valence electrons. The average Bonchev–Trinajstić information content (AvgIpc) is 2.83. The van der Waals surface area contributed by atoms with Crippen LogP contribution < -0.4 is 10.1 Å². The third-order valence-corrected chi connectivity index (χ3v) is 3.61. The largest absolute Gasteiger partial charge is 0.481 e. The second-order valence-corrected chi connectivity index (χ2v) is 4.89. The van der Waals surface area contributed by atoms with Crippen molar-refractivity contribution in [3.63, 3.8) is 0 Å². The van der Waals surface area contributed by atoms with E-state index in [1.807, 2.05) is 6.92 Å². The van der Waals surface area contributed by atoms with Crippen LogP contribution in [0.15, 0.2) is 6.07 Å². The van der Waals surface area contributed by atoms with E-state index in [2.05, 4.69) is 15.3 Å². The van der Waals surface area contributed by atoms with Crippen LogP contribution in [0.2, 0.25) is 0 Å². The lowest BCUT2D eigenvalue weighted by molar-refractivity contribution is 0.198. The smallest absolute Gasteiger partial charge is 0.226 e. The van der Waals surface area contributed by atoms with Crippen molar-refractivity contribution < 1.29 is 9.84 Å². The molecule has 1 aliphatic rings. The molecule has 1 aliphatic carbocycles. The van der Waals surface area contributed by atoms with Crippen molar-refractivity contribution >= 4 is 5.95 Å². The number of nitrogens with zero attached hydrogens (tertiary/aromatic N) is 2. The molecule has 0 radical (unpaired) electrons. The Morgan fingerprint density at radius 2 is 2.17 bits per heavy atom. The maximum Gasteiger partial charge on any atom is 0.226 e. The highest BCUT2D eigenvalue weighted by Crippen LogP contribution is 2.31. The van der Waals surface area contributed by atoms with Gasteiger partial charge in [0.1, 0.15) is 0 Å². The summed E-state index contributed by atoms with van der Waals surface area (Å²) in [5, 5.41) is 12.5. The van der Waals surface area contributed by atoms with E-state index < -0.39 is 0 Å². The Morgan fingerprint density at radius 3 is 2.89 bits per heavy atom. The first kappa shape index (κ1) is 13.1. The van der Waals surface area contributed by atoms with Crippen LogP contribution in [0.5, 0.6) is 5.88 Å². The Balaban J connectivity index is 1.95. The summed E-state index contributed by atoms with van der Waals surface area (Å²) in [6, 6.07) is 1.80. The third kappa shape index (κ3) is 3.10. The molecule has 2 atom stereocenters. The Hall–Kier alpha value is -1.36. The molecule has 5 nitrogen and oxygen atoms in total. The van der Waals surface area contributed by atoms with Crippen LogP contribution in [0.1, 0.15) is 25.0 Å². The molecule has 0 spiro atoms. The fraction of sp³-hybridized carbons (Fsp3) is 0.692. The van der Waals surface area contributed by atoms with Crippen LogP contribution in [0.25, 0.3) is 0 Å². The van der Waals surface area contributed by atoms with E-state index in [-0.39, 0.29) is 6.61 Å². The number of nitrogens with one attached hydrogen (secondary N) is 1. The lowest BCUT2D eigenvalue weighted by Gasteiger charge is -2.17. The van der Waals surface area contributed by atoms with Gasteiger partial charge in [-0.05, 0) is 31.6 Å². The van der Waals surface area contributed by atoms with Crippen molar-refractivity contribution in [1.29, 1.82) is 0 Å². The lowest BCUT2D eigenvalue weighted by atomic mass is 9.97. The molecule has 2 rings (SSSR count). The number of hydrogen-bond acceptors (Lipinski definition) is 5. The molecule has 0 bridgehead atoms. The number of methoxy groups -OCH3 is 1. The van der Waals surface area contributed by atoms with Gasteiger partial charge in [-0.1, -0.05) is 6.42 Å². The maximum atomic E-state index is 9.28. The summed E-state index contributed by atoms with van der Waals surface area (Å²) in [5.74, 6) is 2.12. The zero-order valence-electron chi connectivity index (χ0n) is 11.0. The maximum absolute atomic E-state index is 9.28. The normalized spacial score (nSPS) is 23.1. The molecular weight excluding hydrogens is 230 g/mol. The molecule has 2 unspecified atom stereocenters. The van der Waals surface area contributed by atoms with E-state index in [0.29, 0.717) is 23.7 Å². The molecule has 0 aliphatic heterocycles. The number of anilines is 1. The van der Waals surface area contributed by atoms with Crippen LogP contribution in [0, 0.1) is 18.8 Å². The van der Waals surface area contributed by atoms with Crippen molar-refractivity contribution in [2.24, 2.45) is 11.8 Å². The van der Waals surface area contributed by atoms with Crippen molar-refractivity contribution in [1.82, 2.24) is 9.97 Å². The topological polar surface area (TPSA) is 67.3 Å². The van der Waals surface area contributed by atoms with Gasteiger partial charge in [0.2, 0.25) is 11.8 Å². The number of hydrogen-bond donors (Lipinski definition) is 2. The second-order valence-electron chi connectivity index (χ2n) is 4.89. The Kier molecular flexibility index (Phi) is 4.36. The van der Waals surface area contributed by atoms with Gasteiger partial charge in [-0.25, -0.2) is 4.98 Å². The molecule has 1 heterocycles. The van der Waals surface area contributed by atoms with E-state index in [9.17, 15) is 5.11 Å². The monoisotopic (exact) mass is 251 g/mol. The molecule has 0 aromatic carbocycles. The molecule has 5 heteroatoms. The van der Waals surface area contributed by atoms with Gasteiger partial charge in [-0.15, -0.1) is 0 Å². The van der Waals surface area contributed by atoms with Gasteiger partial charge in [0, 0.05) is 24.9 Å². The van der Waals surface area contributed by atoms with E-state index in [4.69, 9.17) is 4.74 Å². The summed E-state index contributed by atoms with van der Waals surface area (Å²) in [7, 11) is 1.60. The van der Waals surface area contributed by atoms with Crippen molar-refractivity contribution in [3.05, 3.63) is 11.8 Å². The first-order valence-corrected chi connectivity index (χ1v) is 6.47. The summed E-state index contributed by atoms with van der Waals surface area (Å²) >= 11 is 0. The first-order valence-electron chi connectivity index (χ1n) is 6.47. The van der Waals surface area contributed by atoms with Crippen molar-refractivity contribution in [2.45, 2.75) is 26.2 Å². The SMILES string of the molecule is COc1cc(C)nc(NCC2CCCC2CO)n1. The number of ether oxygens (including phenoxy) is 1. The van der Waals surface area contributed by atoms with E-state index in [1.54, 1.807) is 13.2 Å². The number of aryl methyl sites for hydroxylation is 1. The summed E-state index contributed by atoms with van der Waals surface area (Å²) in [4.78, 5) is 8.59. The highest BCUT2D eigenvalue weighted by Gasteiger charge is 2.26. The minimum atomic E-state index is 0.282. The molecule has 2 N–H and O–H groups in total. The van der Waals surface area contributed by atoms with E-state index >= 15 is 0 Å². The molecule has 1 aromatic heterocycles. The van der Waals surface area contributed by atoms with Gasteiger partial charge in [-0.3, -0.25) is 0 Å². The Labute approximate surface area is 108 Å². The number of aliphatic hydroxyl groups is 1. The predicted octanol–water partition coefficient (Wildman–Crippen LogP) is 1.61. The summed E-state index contributed by atoms with van der Waals surface area (Å²) in [5.41, 5.74) is 0.884. The molecule has 1 aromatic rings. The van der Waals surface area contributed by atoms with Gasteiger partial charge in [0.25, 0.3) is 0 Å². The van der Waals surface area contributed by atoms with Crippen molar-refractivity contribution in [2.75, 3.05) is 25.6 Å². The van der Waals surface area contributed by atoms with Gasteiger partial charge in [0.05, 0.1) is 7.11 Å². The fourth-order valence-corrected chi connectivity index (χ4v) is 2.57. The molecule has 1 saturated carbocycles. The van der Waals surface area contributed by atoms with Crippen LogP contribution in [-0.4, -0.2) is 35.3 Å². The van der Waals surface area contributed by atoms with Gasteiger partial charge >= 0.3 is 0 Å². The molecule has 18 heavy (non-hydrogen) atoms. The zero-order valence-corrected chi connectivity index (χ0v) is 11.0. The molecular formula is C13H21N3O2. The quantitative estimate of drug-likeness (QED) is 0.832. The van der Waals surface area contributed by atoms with Crippen LogP contribution in [-0.2, 0) is 0 Å². The Bertz CT molecular complexity index is 398. The number of rotatable bonds is 5. The van der Waals surface area contributed by atoms with Crippen LogP contribution in [0.4, 0.5) is 5.95 Å². The van der Waals surface area contributed by atoms with Crippen molar-refractivity contribution in [3.8, 4) is 5.88 Å². The number of aliphatic hydroxyl groups excluding tert-OH is 1. The summed E-state index contributed by atoms with van der Waals surface area (Å²) < 4.78 is 5.12. The first-order chi connectivity index (χ1) is 8.72. The molecule has 0 saturated heterocycles. The Morgan fingerprint density at radius 1 is 1.39 bits per heavy atom. The molecule has 0 amide bonds. The third-order valence-electron chi connectivity index (χ3n) is 3.61. The lowest BCUT2D eigenvalue weighted by Crippen LogP contribution is -2.21. The van der Waals surface area contributed by atoms with E-state index in [1.165, 1.54) is 12.8 Å². The number of aromatic nitrogens is 2. The standard InChI is InChI=1S/C13H21N3O2/c1-9-6-12(18-2)16-13(15-9)14-7-10-4-3-5-11(10)8-17/h6,10-11,17H,3-5,7-8H2,1-2H3,(H,14,15,16). The average molecular weight is 251 g/mol. The zero-order chi connectivity index (χ0) is 13.0. The van der Waals surface area contributed by atoms with Crippen LogP contribution >= 0.6 is 0 Å². The van der Waals surface area contributed by atoms with Gasteiger partial charge in [0.15, 0.2) is 0 Å². The minimum Gasteiger partial charge on any atom is -0.481 e. The minimum absolute atomic E-state index is 0.282. The highest BCUT2D eigenvalue weighted by atomic mass is 16.5.